The highest BCUT2D eigenvalue weighted by atomic mass is 32.2. The molecule has 0 saturated carbocycles. The van der Waals surface area contributed by atoms with Gasteiger partial charge in [0.25, 0.3) is 10.1 Å². The van der Waals surface area contributed by atoms with E-state index in [1.807, 2.05) is 37.5 Å². The van der Waals surface area contributed by atoms with Crippen molar-refractivity contribution in [1.29, 1.82) is 0 Å². The third kappa shape index (κ3) is 4.15. The highest BCUT2D eigenvalue weighted by Crippen LogP contribution is 2.21. The predicted molar refractivity (Wildman–Crippen MR) is 86.0 cm³/mol. The van der Waals surface area contributed by atoms with Gasteiger partial charge in [-0.2, -0.15) is 8.42 Å². The lowest BCUT2D eigenvalue weighted by atomic mass is 10.1. The van der Waals surface area contributed by atoms with Gasteiger partial charge in [-0.1, -0.05) is 12.1 Å². The summed E-state index contributed by atoms with van der Waals surface area (Å²) in [5.41, 5.74) is 5.64. The van der Waals surface area contributed by atoms with Gasteiger partial charge in [0, 0.05) is 18.8 Å². The summed E-state index contributed by atoms with van der Waals surface area (Å²) in [6.45, 7) is 4.01. The molecule has 2 rings (SSSR count). The van der Waals surface area contributed by atoms with Crippen LogP contribution in [-0.4, -0.2) is 39.4 Å². The van der Waals surface area contributed by atoms with E-state index < -0.39 is 16.0 Å². The van der Waals surface area contributed by atoms with E-state index in [2.05, 4.69) is 9.98 Å². The number of imidazole rings is 1. The van der Waals surface area contributed by atoms with Crippen LogP contribution < -0.4 is 5.48 Å². The summed E-state index contributed by atoms with van der Waals surface area (Å²) in [5, 5.41) is 9.15. The van der Waals surface area contributed by atoms with Crippen molar-refractivity contribution in [1.82, 2.24) is 15.0 Å². The first kappa shape index (κ1) is 17.1. The molecule has 0 fully saturated rings. The number of rotatable bonds is 4. The summed E-state index contributed by atoms with van der Waals surface area (Å²) in [7, 11) is -2.59. The van der Waals surface area contributed by atoms with E-state index in [9.17, 15) is 8.42 Å². The number of hydrogen-bond donors (Lipinski definition) is 3. The maximum atomic E-state index is 10.8. The summed E-state index contributed by atoms with van der Waals surface area (Å²) in [5.74, 6) is -0.786. The van der Waals surface area contributed by atoms with Crippen molar-refractivity contribution in [2.45, 2.75) is 13.8 Å². The molecule has 8 nitrogen and oxygen atoms in total. The van der Waals surface area contributed by atoms with E-state index in [-0.39, 0.29) is 11.7 Å². The van der Waals surface area contributed by atoms with Gasteiger partial charge in [0.05, 0.1) is 5.69 Å². The lowest BCUT2D eigenvalue weighted by molar-refractivity contribution is 0.234. The SMILES string of the molecule is Cc1ccc(-c2cn(C)c(C(=NCS(=O)(=O)O)NO)n2)cc1C. The molecule has 0 radical (unpaired) electrons. The molecule has 2 aromatic rings. The van der Waals surface area contributed by atoms with Crippen LogP contribution in [0.3, 0.4) is 0 Å². The number of benzene rings is 1. The van der Waals surface area contributed by atoms with Crippen LogP contribution in [0.5, 0.6) is 0 Å². The van der Waals surface area contributed by atoms with Crippen LogP contribution in [0.1, 0.15) is 17.0 Å². The van der Waals surface area contributed by atoms with Crippen LogP contribution in [0.2, 0.25) is 0 Å². The Labute approximate surface area is 134 Å². The fraction of sp³-hybridized carbons (Fsp3) is 0.286. The summed E-state index contributed by atoms with van der Waals surface area (Å²) < 4.78 is 31.9. The average molecular weight is 338 g/mol. The zero-order valence-electron chi connectivity index (χ0n) is 13.0. The topological polar surface area (TPSA) is 117 Å². The lowest BCUT2D eigenvalue weighted by Crippen LogP contribution is -2.25. The quantitative estimate of drug-likeness (QED) is 0.334. The molecule has 23 heavy (non-hydrogen) atoms. The number of aromatic nitrogens is 2. The first-order chi connectivity index (χ1) is 10.7. The van der Waals surface area contributed by atoms with Crippen molar-refractivity contribution in [2.75, 3.05) is 5.88 Å². The number of amidine groups is 1. The van der Waals surface area contributed by atoms with Crippen molar-refractivity contribution in [3.63, 3.8) is 0 Å². The molecule has 0 aliphatic carbocycles. The number of aliphatic imine (C=N–C) groups is 1. The van der Waals surface area contributed by atoms with Gasteiger partial charge in [-0.15, -0.1) is 0 Å². The number of nitrogens with one attached hydrogen (secondary N) is 1. The molecule has 1 heterocycles. The zero-order valence-corrected chi connectivity index (χ0v) is 13.8. The Kier molecular flexibility index (Phi) is 4.83. The molecule has 0 spiro atoms. The molecule has 0 bridgehead atoms. The summed E-state index contributed by atoms with van der Waals surface area (Å²) in [6.07, 6.45) is 1.74. The second-order valence-electron chi connectivity index (χ2n) is 5.19. The van der Waals surface area contributed by atoms with Crippen LogP contribution in [0, 0.1) is 13.8 Å². The van der Waals surface area contributed by atoms with Gasteiger partial charge >= 0.3 is 0 Å². The molecule has 0 atom stereocenters. The molecular weight excluding hydrogens is 320 g/mol. The van der Waals surface area contributed by atoms with Crippen LogP contribution in [-0.2, 0) is 17.2 Å². The Morgan fingerprint density at radius 2 is 2.04 bits per heavy atom. The smallest absolute Gasteiger partial charge is 0.285 e. The molecule has 1 aromatic carbocycles. The van der Waals surface area contributed by atoms with Crippen molar-refractivity contribution in [3.8, 4) is 11.3 Å². The molecule has 3 N–H and O–H groups in total. The Bertz CT molecular complexity index is 856. The Hall–Kier alpha value is -2.23. The lowest BCUT2D eigenvalue weighted by Gasteiger charge is -2.04. The van der Waals surface area contributed by atoms with Gasteiger partial charge in [-0.25, -0.2) is 15.5 Å². The van der Waals surface area contributed by atoms with Gasteiger partial charge in [0.1, 0.15) is 0 Å². The Morgan fingerprint density at radius 3 is 2.61 bits per heavy atom. The van der Waals surface area contributed by atoms with Gasteiger partial charge < -0.3 is 4.57 Å². The first-order valence-electron chi connectivity index (χ1n) is 6.72. The van der Waals surface area contributed by atoms with Crippen LogP contribution in [0.25, 0.3) is 11.3 Å². The molecule has 0 aliphatic heterocycles. The van der Waals surface area contributed by atoms with Crippen LogP contribution in [0.4, 0.5) is 0 Å². The Balaban J connectivity index is 2.42. The monoisotopic (exact) mass is 338 g/mol. The zero-order chi connectivity index (χ0) is 17.2. The molecule has 1 aromatic heterocycles. The molecular formula is C14H18N4O4S. The van der Waals surface area contributed by atoms with Gasteiger partial charge in [-0.05, 0) is 31.0 Å². The van der Waals surface area contributed by atoms with Gasteiger partial charge in [0.2, 0.25) is 0 Å². The molecule has 0 amide bonds. The highest BCUT2D eigenvalue weighted by molar-refractivity contribution is 7.85. The standard InChI is InChI=1S/C14H18N4O4S/c1-9-4-5-11(6-10(9)2)12-7-18(3)14(16-12)13(17-19)15-8-23(20,21)22/h4-7,19H,8H2,1-3H3,(H,15,17)(H,20,21,22). The van der Waals surface area contributed by atoms with E-state index in [0.717, 1.165) is 16.7 Å². The molecule has 0 aliphatic rings. The van der Waals surface area contributed by atoms with Crippen molar-refractivity contribution in [3.05, 3.63) is 41.3 Å². The molecule has 0 unspecified atom stereocenters. The minimum absolute atomic E-state index is 0.153. The predicted octanol–water partition coefficient (Wildman–Crippen LogP) is 1.27. The van der Waals surface area contributed by atoms with Crippen molar-refractivity contribution >= 4 is 16.0 Å². The molecule has 124 valence electrons. The minimum atomic E-state index is -4.28. The van der Waals surface area contributed by atoms with E-state index in [1.54, 1.807) is 17.8 Å². The fourth-order valence-corrected chi connectivity index (χ4v) is 2.32. The third-order valence-corrected chi connectivity index (χ3v) is 3.84. The number of nitrogens with zero attached hydrogens (tertiary/aromatic N) is 3. The number of aryl methyl sites for hydroxylation is 3. The first-order valence-corrected chi connectivity index (χ1v) is 8.33. The third-order valence-electron chi connectivity index (χ3n) is 3.38. The van der Waals surface area contributed by atoms with Crippen molar-refractivity contribution in [2.24, 2.45) is 12.0 Å². The number of hydrogen-bond acceptors (Lipinski definition) is 5. The van der Waals surface area contributed by atoms with Crippen LogP contribution >= 0.6 is 0 Å². The minimum Gasteiger partial charge on any atom is -0.331 e. The van der Waals surface area contributed by atoms with Crippen molar-refractivity contribution < 1.29 is 18.2 Å². The average Bonchev–Trinajstić information content (AvgIpc) is 2.84. The van der Waals surface area contributed by atoms with Gasteiger partial charge in [-0.3, -0.25) is 9.76 Å². The second kappa shape index (κ2) is 6.49. The van der Waals surface area contributed by atoms with E-state index in [1.165, 1.54) is 0 Å². The molecule has 9 heteroatoms. The summed E-state index contributed by atoms with van der Waals surface area (Å²) in [4.78, 5) is 7.97. The van der Waals surface area contributed by atoms with Gasteiger partial charge in [0.15, 0.2) is 17.5 Å². The second-order valence-corrected chi connectivity index (χ2v) is 6.61. The summed E-state index contributed by atoms with van der Waals surface area (Å²) >= 11 is 0. The largest absolute Gasteiger partial charge is 0.331 e. The van der Waals surface area contributed by atoms with E-state index in [0.29, 0.717) is 5.69 Å². The molecule has 0 saturated heterocycles. The maximum absolute atomic E-state index is 10.8. The normalized spacial score (nSPS) is 12.5. The van der Waals surface area contributed by atoms with E-state index >= 15 is 0 Å². The fourth-order valence-electron chi connectivity index (χ4n) is 2.03. The Morgan fingerprint density at radius 1 is 1.35 bits per heavy atom. The number of hydroxylamine groups is 1. The highest BCUT2D eigenvalue weighted by Gasteiger charge is 2.14. The maximum Gasteiger partial charge on any atom is 0.285 e. The summed E-state index contributed by atoms with van der Waals surface area (Å²) in [6, 6.07) is 5.90. The van der Waals surface area contributed by atoms with E-state index in [4.69, 9.17) is 9.76 Å². The van der Waals surface area contributed by atoms with Crippen LogP contribution in [0.15, 0.2) is 29.4 Å².